The minimum absolute atomic E-state index is 0.213. The molecule has 2 aliphatic heterocycles. The third kappa shape index (κ3) is 3.40. The molecule has 1 saturated heterocycles. The molecule has 3 atom stereocenters. The molecule has 0 radical (unpaired) electrons. The molecule has 1 aromatic rings. The largest absolute Gasteiger partial charge is 0.487 e. The van der Waals surface area contributed by atoms with E-state index in [1.807, 2.05) is 6.92 Å². The second-order valence-corrected chi connectivity index (χ2v) is 6.62. The van der Waals surface area contributed by atoms with E-state index in [4.69, 9.17) is 25.8 Å². The van der Waals surface area contributed by atoms with E-state index in [2.05, 4.69) is 0 Å². The number of nitrogens with zero attached hydrogens (tertiary/aromatic N) is 1. The number of unbranched alkanes of at least 4 members (excludes halogenated alkanes) is 1. The highest BCUT2D eigenvalue weighted by Gasteiger charge is 2.54. The Morgan fingerprint density at radius 2 is 2.12 bits per heavy atom. The monoisotopic (exact) mass is 367 g/mol. The first kappa shape index (κ1) is 17.9. The van der Waals surface area contributed by atoms with Crippen LogP contribution >= 0.6 is 11.6 Å². The molecular weight excluding hydrogens is 346 g/mol. The lowest BCUT2D eigenvalue weighted by molar-refractivity contribution is -0.149. The predicted octanol–water partition coefficient (Wildman–Crippen LogP) is 3.57. The number of hydrogen-bond donors (Lipinski definition) is 0. The van der Waals surface area contributed by atoms with Gasteiger partial charge < -0.3 is 14.2 Å². The summed E-state index contributed by atoms with van der Waals surface area (Å²) >= 11 is 6.11. The Morgan fingerprint density at radius 1 is 1.32 bits per heavy atom. The van der Waals surface area contributed by atoms with Crippen molar-refractivity contribution in [3.63, 3.8) is 0 Å². The molecule has 0 spiro atoms. The van der Waals surface area contributed by atoms with Crippen LogP contribution in [0, 0.1) is 5.92 Å². The molecule has 2 heterocycles. The lowest BCUT2D eigenvalue weighted by Crippen LogP contribution is -2.33. The second kappa shape index (κ2) is 7.52. The molecule has 25 heavy (non-hydrogen) atoms. The molecule has 1 aromatic carbocycles. The van der Waals surface area contributed by atoms with E-state index >= 15 is 0 Å². The molecule has 1 amide bonds. The Kier molecular flexibility index (Phi) is 5.37. The van der Waals surface area contributed by atoms with E-state index in [1.54, 1.807) is 30.0 Å². The maximum atomic E-state index is 12.5. The third-order valence-electron chi connectivity index (χ3n) is 4.54. The van der Waals surface area contributed by atoms with Gasteiger partial charge in [-0.05, 0) is 31.5 Å². The van der Waals surface area contributed by atoms with Crippen molar-refractivity contribution in [1.29, 1.82) is 0 Å². The number of benzene rings is 1. The van der Waals surface area contributed by atoms with E-state index < -0.39 is 24.2 Å². The van der Waals surface area contributed by atoms with Gasteiger partial charge >= 0.3 is 12.1 Å². The zero-order chi connectivity index (χ0) is 18.0. The highest BCUT2D eigenvalue weighted by atomic mass is 35.5. The first-order chi connectivity index (χ1) is 12.1. The molecule has 0 saturated carbocycles. The number of carbonyl (C=O) groups is 2. The van der Waals surface area contributed by atoms with Gasteiger partial charge in [0.1, 0.15) is 23.8 Å². The van der Waals surface area contributed by atoms with Crippen LogP contribution in [-0.4, -0.2) is 42.8 Å². The lowest BCUT2D eigenvalue weighted by atomic mass is 9.99. The van der Waals surface area contributed by atoms with Crippen molar-refractivity contribution in [2.75, 3.05) is 19.8 Å². The summed E-state index contributed by atoms with van der Waals surface area (Å²) in [7, 11) is 0. The van der Waals surface area contributed by atoms with Crippen molar-refractivity contribution in [3.8, 4) is 5.75 Å². The molecule has 6 nitrogen and oxygen atoms in total. The number of halogens is 1. The molecule has 0 aliphatic carbocycles. The van der Waals surface area contributed by atoms with E-state index in [0.717, 1.165) is 18.4 Å². The van der Waals surface area contributed by atoms with Gasteiger partial charge in [0.05, 0.1) is 13.2 Å². The number of hydrogen-bond acceptors (Lipinski definition) is 5. The fourth-order valence-electron chi connectivity index (χ4n) is 3.36. The number of carbonyl (C=O) groups excluding carboxylic acids is 2. The number of fused-ring (bicyclic) bond motifs is 3. The highest BCUT2D eigenvalue weighted by Crippen LogP contribution is 2.48. The van der Waals surface area contributed by atoms with Crippen LogP contribution in [0.25, 0.3) is 0 Å². The minimum Gasteiger partial charge on any atom is -0.487 e. The van der Waals surface area contributed by atoms with Gasteiger partial charge in [-0.3, -0.25) is 9.69 Å². The smallest absolute Gasteiger partial charge is 0.410 e. The average molecular weight is 368 g/mol. The molecule has 136 valence electrons. The summed E-state index contributed by atoms with van der Waals surface area (Å²) in [6.45, 7) is 4.64. The summed E-state index contributed by atoms with van der Waals surface area (Å²) in [4.78, 5) is 26.4. The number of rotatable bonds is 5. The van der Waals surface area contributed by atoms with Crippen LogP contribution in [0.1, 0.15) is 38.3 Å². The number of amides is 1. The zero-order valence-electron chi connectivity index (χ0n) is 14.4. The summed E-state index contributed by atoms with van der Waals surface area (Å²) in [6, 6.07) is 4.88. The topological polar surface area (TPSA) is 65.1 Å². The second-order valence-electron chi connectivity index (χ2n) is 6.19. The van der Waals surface area contributed by atoms with Crippen molar-refractivity contribution in [2.24, 2.45) is 5.92 Å². The van der Waals surface area contributed by atoms with Crippen LogP contribution in [0.5, 0.6) is 5.75 Å². The third-order valence-corrected chi connectivity index (χ3v) is 4.77. The highest BCUT2D eigenvalue weighted by molar-refractivity contribution is 6.30. The van der Waals surface area contributed by atoms with Gasteiger partial charge in [-0.15, -0.1) is 0 Å². The van der Waals surface area contributed by atoms with Crippen LogP contribution in [0.3, 0.4) is 0 Å². The normalized spacial score (nSPS) is 23.6. The van der Waals surface area contributed by atoms with Crippen LogP contribution < -0.4 is 4.74 Å². The Labute approximate surface area is 152 Å². The number of ether oxygens (including phenoxy) is 3. The van der Waals surface area contributed by atoms with Crippen molar-refractivity contribution < 1.29 is 23.8 Å². The fourth-order valence-corrected chi connectivity index (χ4v) is 3.54. The maximum Gasteiger partial charge on any atom is 0.410 e. The van der Waals surface area contributed by atoms with Gasteiger partial charge in [0.2, 0.25) is 0 Å². The summed E-state index contributed by atoms with van der Waals surface area (Å²) in [6.07, 6.45) is 0.818. The van der Waals surface area contributed by atoms with Gasteiger partial charge in [-0.2, -0.15) is 0 Å². The summed E-state index contributed by atoms with van der Waals surface area (Å²) < 4.78 is 16.5. The van der Waals surface area contributed by atoms with Gasteiger partial charge in [0.15, 0.2) is 0 Å². The molecule has 0 unspecified atom stereocenters. The van der Waals surface area contributed by atoms with E-state index in [-0.39, 0.29) is 19.1 Å². The van der Waals surface area contributed by atoms with Crippen LogP contribution in [0.4, 0.5) is 4.79 Å². The zero-order valence-corrected chi connectivity index (χ0v) is 15.1. The number of esters is 1. The first-order valence-corrected chi connectivity index (χ1v) is 9.00. The maximum absolute atomic E-state index is 12.5. The Morgan fingerprint density at radius 3 is 2.84 bits per heavy atom. The van der Waals surface area contributed by atoms with Gasteiger partial charge in [0.25, 0.3) is 0 Å². The molecule has 2 aliphatic rings. The van der Waals surface area contributed by atoms with E-state index in [0.29, 0.717) is 17.4 Å². The molecule has 0 aromatic heterocycles. The van der Waals surface area contributed by atoms with E-state index in [1.165, 1.54) is 0 Å². The summed E-state index contributed by atoms with van der Waals surface area (Å²) in [5, 5.41) is 0.557. The van der Waals surface area contributed by atoms with Crippen molar-refractivity contribution in [1.82, 2.24) is 4.90 Å². The average Bonchev–Trinajstić information content (AvgIpc) is 3.12. The Hall–Kier alpha value is -1.95. The van der Waals surface area contributed by atoms with Crippen LogP contribution in [0.2, 0.25) is 5.02 Å². The minimum atomic E-state index is -0.546. The van der Waals surface area contributed by atoms with Gasteiger partial charge in [-0.25, -0.2) is 4.79 Å². The predicted molar refractivity (Wildman–Crippen MR) is 91.7 cm³/mol. The SMILES string of the molecule is CCCCOC(=O)N1C[C@@H](C(=O)OCC)[C@@H]2Oc3ccc(Cl)cc3[C@@H]21. The molecule has 3 rings (SSSR count). The molecule has 7 heteroatoms. The van der Waals surface area contributed by atoms with Crippen molar-refractivity contribution in [2.45, 2.75) is 38.8 Å². The standard InChI is InChI=1S/C18H22ClNO5/c1-3-5-8-24-18(22)20-10-13(17(21)23-4-2)16-15(20)12-9-11(19)6-7-14(12)25-16/h6-7,9,13,15-16H,3-5,8,10H2,1-2H3/t13-,15+,16+/m1/s1. The number of likely N-dealkylation sites (tertiary alicyclic amines) is 1. The lowest BCUT2D eigenvalue weighted by Gasteiger charge is -2.22. The molecule has 1 fully saturated rings. The molecule has 0 N–H and O–H groups in total. The van der Waals surface area contributed by atoms with Gasteiger partial charge in [0, 0.05) is 17.1 Å². The van der Waals surface area contributed by atoms with Crippen LogP contribution in [0.15, 0.2) is 18.2 Å². The fraction of sp³-hybridized carbons (Fsp3) is 0.556. The molecule has 0 bridgehead atoms. The Bertz CT molecular complexity index is 665. The summed E-state index contributed by atoms with van der Waals surface area (Å²) in [5.41, 5.74) is 0.803. The first-order valence-electron chi connectivity index (χ1n) is 8.63. The Balaban J connectivity index is 1.86. The van der Waals surface area contributed by atoms with Crippen LogP contribution in [-0.2, 0) is 14.3 Å². The molecular formula is C18H22ClNO5. The van der Waals surface area contributed by atoms with Gasteiger partial charge in [-0.1, -0.05) is 24.9 Å². The van der Waals surface area contributed by atoms with Crippen molar-refractivity contribution in [3.05, 3.63) is 28.8 Å². The quantitative estimate of drug-likeness (QED) is 0.588. The van der Waals surface area contributed by atoms with Crippen molar-refractivity contribution >= 4 is 23.7 Å². The summed E-state index contributed by atoms with van der Waals surface area (Å²) in [5.74, 6) is -0.269. The van der Waals surface area contributed by atoms with E-state index in [9.17, 15) is 9.59 Å².